The summed E-state index contributed by atoms with van der Waals surface area (Å²) in [5.74, 6) is 0.0408. The van der Waals surface area contributed by atoms with Crippen LogP contribution in [0.25, 0.3) is 0 Å². The van der Waals surface area contributed by atoms with Gasteiger partial charge < -0.3 is 15.0 Å². The Balaban J connectivity index is 0.00000225. The number of nitrogens with zero attached hydrogens (tertiary/aromatic N) is 3. The Hall–Kier alpha value is -1.89. The molecule has 2 fully saturated rings. The fourth-order valence-corrected chi connectivity index (χ4v) is 3.89. The van der Waals surface area contributed by atoms with Crippen molar-refractivity contribution in [2.75, 3.05) is 26.2 Å². The Morgan fingerprint density at radius 2 is 1.93 bits per heavy atom. The average Bonchev–Trinajstić information content (AvgIpc) is 3.24. The maximum Gasteiger partial charge on any atom is 0.274 e. The van der Waals surface area contributed by atoms with Gasteiger partial charge in [0.1, 0.15) is 5.69 Å². The number of hydrogen-bond donors (Lipinski definition) is 1. The fourth-order valence-electron chi connectivity index (χ4n) is 3.89. The van der Waals surface area contributed by atoms with Crippen molar-refractivity contribution in [2.24, 2.45) is 0 Å². The largest absolute Gasteiger partial charge is 0.373 e. The van der Waals surface area contributed by atoms with Gasteiger partial charge >= 0.3 is 0 Å². The number of ether oxygens (including phenoxy) is 1. The highest BCUT2D eigenvalue weighted by atomic mass is 35.5. The number of benzene rings is 1. The van der Waals surface area contributed by atoms with Crippen LogP contribution >= 0.6 is 12.4 Å². The summed E-state index contributed by atoms with van der Waals surface area (Å²) in [5, 5.41) is 7.95. The number of amides is 1. The number of halogens is 1. The predicted molar refractivity (Wildman–Crippen MR) is 111 cm³/mol. The normalized spacial score (nSPS) is 20.6. The maximum absolute atomic E-state index is 12.8. The summed E-state index contributed by atoms with van der Waals surface area (Å²) >= 11 is 0. The van der Waals surface area contributed by atoms with Crippen LogP contribution in [-0.4, -0.2) is 52.9 Å². The minimum atomic E-state index is 0. The van der Waals surface area contributed by atoms with Gasteiger partial charge in [-0.1, -0.05) is 30.3 Å². The molecular weight excluding hydrogens is 376 g/mol. The average molecular weight is 405 g/mol. The minimum Gasteiger partial charge on any atom is -0.373 e. The molecule has 2 saturated heterocycles. The number of rotatable bonds is 5. The van der Waals surface area contributed by atoms with Gasteiger partial charge in [0.05, 0.1) is 18.8 Å². The van der Waals surface area contributed by atoms with Crippen molar-refractivity contribution in [3.63, 3.8) is 0 Å². The topological polar surface area (TPSA) is 59.4 Å². The van der Waals surface area contributed by atoms with Crippen molar-refractivity contribution in [1.82, 2.24) is 20.0 Å². The summed E-state index contributed by atoms with van der Waals surface area (Å²) in [5.41, 5.74) is 1.75. The molecule has 28 heavy (non-hydrogen) atoms. The first kappa shape index (κ1) is 20.8. The van der Waals surface area contributed by atoms with Crippen molar-refractivity contribution >= 4 is 18.3 Å². The number of nitrogens with one attached hydrogen (secondary N) is 1. The van der Waals surface area contributed by atoms with Crippen LogP contribution in [0.4, 0.5) is 0 Å². The lowest BCUT2D eigenvalue weighted by molar-refractivity contribution is -0.000533. The van der Waals surface area contributed by atoms with E-state index in [1.165, 1.54) is 5.56 Å². The zero-order chi connectivity index (χ0) is 18.5. The quantitative estimate of drug-likeness (QED) is 0.832. The van der Waals surface area contributed by atoms with Crippen molar-refractivity contribution < 1.29 is 9.53 Å². The third-order valence-electron chi connectivity index (χ3n) is 5.53. The molecule has 2 aliphatic heterocycles. The van der Waals surface area contributed by atoms with Gasteiger partial charge in [-0.15, -0.1) is 12.4 Å². The molecule has 0 aliphatic carbocycles. The van der Waals surface area contributed by atoms with E-state index in [1.54, 1.807) is 0 Å². The van der Waals surface area contributed by atoms with E-state index in [2.05, 4.69) is 22.5 Å². The van der Waals surface area contributed by atoms with Crippen molar-refractivity contribution in [2.45, 2.75) is 44.4 Å². The summed E-state index contributed by atoms with van der Waals surface area (Å²) in [6, 6.07) is 12.4. The number of piperidine rings is 2. The number of aromatic nitrogens is 2. The van der Waals surface area contributed by atoms with Gasteiger partial charge in [-0.25, -0.2) is 0 Å². The molecule has 1 aromatic heterocycles. The van der Waals surface area contributed by atoms with E-state index in [4.69, 9.17) is 4.74 Å². The Morgan fingerprint density at radius 1 is 1.14 bits per heavy atom. The highest BCUT2D eigenvalue weighted by molar-refractivity contribution is 5.92. The van der Waals surface area contributed by atoms with Crippen LogP contribution < -0.4 is 5.32 Å². The SMILES string of the molecule is Cl.O=C(c1ccn(C2CCCNC2)n1)N1CCC(OCc2ccccc2)CC1. The van der Waals surface area contributed by atoms with Crippen LogP contribution in [0.1, 0.15) is 47.8 Å². The standard InChI is InChI=1S/C21H28N4O2.ClH/c26-21(20-10-14-25(23-20)18-7-4-11-22-15-18)24-12-8-19(9-13-24)27-16-17-5-2-1-3-6-17;/h1-3,5-6,10,14,18-19,22H,4,7-9,11-13,15-16H2;1H. The lowest BCUT2D eigenvalue weighted by atomic mass is 10.1. The van der Waals surface area contributed by atoms with Crippen molar-refractivity contribution in [1.29, 1.82) is 0 Å². The summed E-state index contributed by atoms with van der Waals surface area (Å²) in [7, 11) is 0. The molecule has 6 nitrogen and oxygen atoms in total. The Kier molecular flexibility index (Phi) is 7.48. The molecule has 2 aliphatic rings. The zero-order valence-electron chi connectivity index (χ0n) is 16.1. The number of carbonyl (C=O) groups excluding carboxylic acids is 1. The second-order valence-corrected chi connectivity index (χ2v) is 7.47. The molecule has 4 rings (SSSR count). The molecule has 2 aromatic rings. The van der Waals surface area contributed by atoms with Gasteiger partial charge in [-0.2, -0.15) is 5.10 Å². The van der Waals surface area contributed by atoms with E-state index in [-0.39, 0.29) is 24.4 Å². The van der Waals surface area contributed by atoms with Crippen LogP contribution in [0.5, 0.6) is 0 Å². The molecule has 152 valence electrons. The van der Waals surface area contributed by atoms with Gasteiger partial charge in [0.25, 0.3) is 5.91 Å². The Labute approximate surface area is 172 Å². The molecule has 0 bridgehead atoms. The minimum absolute atomic E-state index is 0. The van der Waals surface area contributed by atoms with Crippen LogP contribution in [-0.2, 0) is 11.3 Å². The van der Waals surface area contributed by atoms with Crippen LogP contribution in [0.2, 0.25) is 0 Å². The van der Waals surface area contributed by atoms with Gasteiger partial charge in [0.2, 0.25) is 0 Å². The second-order valence-electron chi connectivity index (χ2n) is 7.47. The first-order chi connectivity index (χ1) is 13.3. The van der Waals surface area contributed by atoms with E-state index in [9.17, 15) is 4.79 Å². The third-order valence-corrected chi connectivity index (χ3v) is 5.53. The maximum atomic E-state index is 12.8. The predicted octanol–water partition coefficient (Wildman–Crippen LogP) is 3.05. The molecule has 1 amide bonds. The van der Waals surface area contributed by atoms with Gasteiger partial charge in [0.15, 0.2) is 0 Å². The molecule has 3 heterocycles. The molecular formula is C21H29ClN4O2. The molecule has 1 atom stereocenters. The summed E-state index contributed by atoms with van der Waals surface area (Å²) < 4.78 is 7.98. The van der Waals surface area contributed by atoms with Gasteiger partial charge in [-0.3, -0.25) is 9.48 Å². The summed E-state index contributed by atoms with van der Waals surface area (Å²) in [4.78, 5) is 14.7. The Morgan fingerprint density at radius 3 is 2.64 bits per heavy atom. The highest BCUT2D eigenvalue weighted by Gasteiger charge is 2.26. The number of hydrogen-bond acceptors (Lipinski definition) is 4. The smallest absolute Gasteiger partial charge is 0.274 e. The summed E-state index contributed by atoms with van der Waals surface area (Å²) in [6.07, 6.45) is 6.20. The van der Waals surface area contributed by atoms with Gasteiger partial charge in [0, 0.05) is 25.8 Å². The summed E-state index contributed by atoms with van der Waals surface area (Å²) in [6.45, 7) is 4.11. The molecule has 7 heteroatoms. The molecule has 0 saturated carbocycles. The van der Waals surface area contributed by atoms with Crippen LogP contribution in [0.3, 0.4) is 0 Å². The first-order valence-corrected chi connectivity index (χ1v) is 10.0. The molecule has 1 N–H and O–H groups in total. The van der Waals surface area contributed by atoms with Gasteiger partial charge in [-0.05, 0) is 43.9 Å². The first-order valence-electron chi connectivity index (χ1n) is 10.0. The third kappa shape index (κ3) is 5.13. The highest BCUT2D eigenvalue weighted by Crippen LogP contribution is 2.19. The lowest BCUT2D eigenvalue weighted by Gasteiger charge is -2.31. The molecule has 0 spiro atoms. The fraction of sp³-hybridized carbons (Fsp3) is 0.524. The lowest BCUT2D eigenvalue weighted by Crippen LogP contribution is -2.41. The van der Waals surface area contributed by atoms with E-state index >= 15 is 0 Å². The van der Waals surface area contributed by atoms with Crippen LogP contribution in [0.15, 0.2) is 42.6 Å². The van der Waals surface area contributed by atoms with E-state index < -0.39 is 0 Å². The Bertz CT molecular complexity index is 738. The van der Waals surface area contributed by atoms with E-state index in [1.807, 2.05) is 40.0 Å². The van der Waals surface area contributed by atoms with Crippen molar-refractivity contribution in [3.05, 3.63) is 53.9 Å². The van der Waals surface area contributed by atoms with Crippen molar-refractivity contribution in [3.8, 4) is 0 Å². The number of likely N-dealkylation sites (tertiary alicyclic amines) is 1. The van der Waals surface area contributed by atoms with Crippen LogP contribution in [0, 0.1) is 0 Å². The van der Waals surface area contributed by atoms with E-state index in [0.29, 0.717) is 18.3 Å². The second kappa shape index (κ2) is 10.0. The number of carbonyl (C=O) groups is 1. The molecule has 1 aromatic carbocycles. The molecule has 1 unspecified atom stereocenters. The molecule has 0 radical (unpaired) electrons. The van der Waals surface area contributed by atoms with E-state index in [0.717, 1.165) is 51.9 Å². The zero-order valence-corrected chi connectivity index (χ0v) is 16.9. The monoisotopic (exact) mass is 404 g/mol.